The summed E-state index contributed by atoms with van der Waals surface area (Å²) in [6.07, 6.45) is 5.35. The zero-order chi connectivity index (χ0) is 24.4. The fourth-order valence-corrected chi connectivity index (χ4v) is 4.24. The number of esters is 2. The molecule has 180 valence electrons. The van der Waals surface area contributed by atoms with Crippen molar-refractivity contribution in [1.29, 1.82) is 0 Å². The van der Waals surface area contributed by atoms with Crippen LogP contribution in [0.15, 0.2) is 46.2 Å². The zero-order valence-corrected chi connectivity index (χ0v) is 20.6. The number of ether oxygens (including phenoxy) is 2. The highest BCUT2D eigenvalue weighted by molar-refractivity contribution is 7.86. The first kappa shape index (κ1) is 26.9. The Kier molecular flexibility index (Phi) is 10.4. The summed E-state index contributed by atoms with van der Waals surface area (Å²) >= 11 is 4.40. The molecule has 0 aromatic heterocycles. The highest BCUT2D eigenvalue weighted by atomic mass is 32.2. The summed E-state index contributed by atoms with van der Waals surface area (Å²) in [5.74, 6) is -1.17. The summed E-state index contributed by atoms with van der Waals surface area (Å²) in [5, 5.41) is 0. The minimum absolute atomic E-state index is 0.0101. The lowest BCUT2D eigenvalue weighted by Gasteiger charge is -2.13. The lowest BCUT2D eigenvalue weighted by molar-refractivity contribution is 0.0488. The van der Waals surface area contributed by atoms with Gasteiger partial charge in [0.1, 0.15) is 4.90 Å². The van der Waals surface area contributed by atoms with E-state index in [-0.39, 0.29) is 23.3 Å². The van der Waals surface area contributed by atoms with Crippen LogP contribution in [0.2, 0.25) is 0 Å². The zero-order valence-electron chi connectivity index (χ0n) is 18.9. The van der Waals surface area contributed by atoms with Crippen molar-refractivity contribution in [3.63, 3.8) is 0 Å². The Morgan fingerprint density at radius 3 is 1.76 bits per heavy atom. The van der Waals surface area contributed by atoms with Crippen LogP contribution in [0.5, 0.6) is 0 Å². The van der Waals surface area contributed by atoms with Gasteiger partial charge in [-0.05, 0) is 42.7 Å². The maximum Gasteiger partial charge on any atom is 0.338 e. The van der Waals surface area contributed by atoms with Crippen LogP contribution in [0.1, 0.15) is 73.1 Å². The van der Waals surface area contributed by atoms with E-state index in [1.807, 2.05) is 6.92 Å². The van der Waals surface area contributed by atoms with Gasteiger partial charge in [0.15, 0.2) is 0 Å². The molecule has 0 heterocycles. The average Bonchev–Trinajstić information content (AvgIpc) is 2.78. The van der Waals surface area contributed by atoms with Gasteiger partial charge in [0, 0.05) is 10.5 Å². The van der Waals surface area contributed by atoms with E-state index in [0.717, 1.165) is 38.2 Å². The molecule has 9 heteroatoms. The minimum atomic E-state index is -4.66. The lowest BCUT2D eigenvalue weighted by atomic mass is 10.0. The van der Waals surface area contributed by atoms with Gasteiger partial charge >= 0.3 is 11.9 Å². The molecule has 2 aromatic carbocycles. The molecule has 0 unspecified atom stereocenters. The van der Waals surface area contributed by atoms with E-state index < -0.39 is 27.0 Å². The van der Waals surface area contributed by atoms with Gasteiger partial charge in [-0.3, -0.25) is 4.55 Å². The van der Waals surface area contributed by atoms with Crippen molar-refractivity contribution >= 4 is 34.7 Å². The van der Waals surface area contributed by atoms with Crippen molar-refractivity contribution in [2.45, 2.75) is 62.2 Å². The maximum atomic E-state index is 12.3. The molecule has 0 aliphatic carbocycles. The van der Waals surface area contributed by atoms with Crippen LogP contribution < -0.4 is 0 Å². The lowest BCUT2D eigenvalue weighted by Crippen LogP contribution is -2.09. The third-order valence-corrected chi connectivity index (χ3v) is 6.24. The molecule has 2 aromatic rings. The molecule has 0 radical (unpaired) electrons. The molecule has 0 saturated carbocycles. The molecule has 0 bridgehead atoms. The number of unbranched alkanes of at least 4 members (excludes halogenated alkanes) is 4. The third-order valence-electron chi connectivity index (χ3n) is 4.98. The largest absolute Gasteiger partial charge is 0.462 e. The predicted molar refractivity (Wildman–Crippen MR) is 129 cm³/mol. The van der Waals surface area contributed by atoms with Crippen molar-refractivity contribution in [3.05, 3.63) is 47.5 Å². The van der Waals surface area contributed by atoms with Gasteiger partial charge in [0.05, 0.1) is 24.3 Å². The Hall–Kier alpha value is -2.36. The van der Waals surface area contributed by atoms with Crippen LogP contribution in [0.4, 0.5) is 0 Å². The topological polar surface area (TPSA) is 107 Å². The monoisotopic (exact) mass is 494 g/mol. The normalized spacial score (nSPS) is 11.3. The van der Waals surface area contributed by atoms with Crippen molar-refractivity contribution in [2.75, 3.05) is 13.2 Å². The predicted octanol–water partition coefficient (Wildman–Crippen LogP) is 5.58. The quantitative estimate of drug-likeness (QED) is 0.172. The van der Waals surface area contributed by atoms with E-state index in [2.05, 4.69) is 19.6 Å². The summed E-state index contributed by atoms with van der Waals surface area (Å²) in [4.78, 5) is 24.4. The van der Waals surface area contributed by atoms with Crippen LogP contribution in [0, 0.1) is 0 Å². The van der Waals surface area contributed by atoms with E-state index in [0.29, 0.717) is 23.5 Å². The Labute approximate surface area is 200 Å². The van der Waals surface area contributed by atoms with Gasteiger partial charge in [-0.2, -0.15) is 8.42 Å². The molecule has 2 rings (SSSR count). The van der Waals surface area contributed by atoms with Crippen molar-refractivity contribution in [1.82, 2.24) is 0 Å². The summed E-state index contributed by atoms with van der Waals surface area (Å²) in [5.41, 5.74) is 0.807. The minimum Gasteiger partial charge on any atom is -0.462 e. The van der Waals surface area contributed by atoms with E-state index in [4.69, 9.17) is 9.47 Å². The highest BCUT2D eigenvalue weighted by Gasteiger charge is 2.22. The molecule has 7 nitrogen and oxygen atoms in total. The molecular formula is C24H30O7S2. The fraction of sp³-hybridized carbons (Fsp3) is 0.417. The number of carbonyl (C=O) groups excluding carboxylic acids is 2. The number of hydrogen-bond acceptors (Lipinski definition) is 7. The Bertz CT molecular complexity index is 1080. The number of hydrogen-bond donors (Lipinski definition) is 2. The second-order valence-electron chi connectivity index (χ2n) is 7.60. The van der Waals surface area contributed by atoms with Crippen LogP contribution in [0.3, 0.4) is 0 Å². The molecule has 0 fully saturated rings. The smallest absolute Gasteiger partial charge is 0.338 e. The summed E-state index contributed by atoms with van der Waals surface area (Å²) in [7, 11) is -4.66. The van der Waals surface area contributed by atoms with Gasteiger partial charge in [-0.15, -0.1) is 12.6 Å². The molecule has 0 aliphatic rings. The van der Waals surface area contributed by atoms with E-state index in [1.54, 1.807) is 0 Å². The second kappa shape index (κ2) is 12.8. The van der Waals surface area contributed by atoms with Gasteiger partial charge in [0.25, 0.3) is 10.1 Å². The first-order chi connectivity index (χ1) is 15.7. The number of benzene rings is 2. The summed E-state index contributed by atoms with van der Waals surface area (Å²) in [6, 6.07) is 8.41. The van der Waals surface area contributed by atoms with Crippen molar-refractivity contribution in [2.24, 2.45) is 0 Å². The van der Waals surface area contributed by atoms with Gasteiger partial charge in [-0.1, -0.05) is 51.7 Å². The van der Waals surface area contributed by atoms with Crippen molar-refractivity contribution < 1.29 is 32.0 Å². The van der Waals surface area contributed by atoms with Crippen LogP contribution in [0.25, 0.3) is 11.1 Å². The van der Waals surface area contributed by atoms with Crippen LogP contribution >= 0.6 is 12.6 Å². The van der Waals surface area contributed by atoms with E-state index >= 15 is 0 Å². The van der Waals surface area contributed by atoms with E-state index in [1.165, 1.54) is 30.3 Å². The third kappa shape index (κ3) is 7.87. The van der Waals surface area contributed by atoms with Gasteiger partial charge in [-0.25, -0.2) is 9.59 Å². The standard InChI is InChI=1S/C24H30O7S2/c1-3-5-7-13-30-23(25)17-9-11-19(21(32)15-17)20-12-10-18(16-22(20)33(27,28)29)24(26)31-14-8-6-4-2/h9-12,15-16,32H,3-8,13-14H2,1-2H3,(H,27,28,29). The first-order valence-corrected chi connectivity index (χ1v) is 12.9. The van der Waals surface area contributed by atoms with Crippen LogP contribution in [-0.2, 0) is 19.6 Å². The number of carbonyl (C=O) groups is 2. The summed E-state index contributed by atoms with van der Waals surface area (Å²) in [6.45, 7) is 4.63. The van der Waals surface area contributed by atoms with E-state index in [9.17, 15) is 22.6 Å². The molecule has 0 spiro atoms. The van der Waals surface area contributed by atoms with Crippen LogP contribution in [-0.4, -0.2) is 38.1 Å². The van der Waals surface area contributed by atoms with Crippen molar-refractivity contribution in [3.8, 4) is 11.1 Å². The fourth-order valence-electron chi connectivity index (χ4n) is 3.17. The molecule has 0 atom stereocenters. The molecule has 0 aliphatic heterocycles. The summed E-state index contributed by atoms with van der Waals surface area (Å²) < 4.78 is 44.3. The molecule has 0 amide bonds. The first-order valence-electron chi connectivity index (χ1n) is 11.0. The number of thiol groups is 1. The maximum absolute atomic E-state index is 12.3. The average molecular weight is 495 g/mol. The Morgan fingerprint density at radius 1 is 0.818 bits per heavy atom. The number of rotatable bonds is 12. The molecule has 33 heavy (non-hydrogen) atoms. The highest BCUT2D eigenvalue weighted by Crippen LogP contribution is 2.33. The molecule has 1 N–H and O–H groups in total. The molecule has 0 saturated heterocycles. The van der Waals surface area contributed by atoms with Gasteiger partial charge < -0.3 is 9.47 Å². The Morgan fingerprint density at radius 2 is 1.30 bits per heavy atom. The van der Waals surface area contributed by atoms with Gasteiger partial charge in [0.2, 0.25) is 0 Å². The Balaban J connectivity index is 2.30. The SMILES string of the molecule is CCCCCOC(=O)c1ccc(-c2ccc(C(=O)OCCCCC)cc2S(=O)(=O)O)c(S)c1. The molecular weight excluding hydrogens is 464 g/mol. The second-order valence-corrected chi connectivity index (χ2v) is 9.48.